The third-order valence-electron chi connectivity index (χ3n) is 4.72. The average molecular weight is 293 g/mol. The number of nitrogens with one attached hydrogen (secondary N) is 1. The number of rotatable bonds is 5. The molecule has 2 aliphatic carbocycles. The highest BCUT2D eigenvalue weighted by Gasteiger charge is 2.48. The SMILES string of the molecule is CC(CN)(NC(=O)C1CC1c1cccc(Cl)c1)C1CC1. The van der Waals surface area contributed by atoms with E-state index in [1.807, 2.05) is 24.3 Å². The summed E-state index contributed by atoms with van der Waals surface area (Å²) < 4.78 is 0. The van der Waals surface area contributed by atoms with E-state index in [1.165, 1.54) is 18.4 Å². The smallest absolute Gasteiger partial charge is 0.224 e. The summed E-state index contributed by atoms with van der Waals surface area (Å²) in [5.74, 6) is 1.10. The van der Waals surface area contributed by atoms with Crippen LogP contribution in [-0.2, 0) is 4.79 Å². The number of hydrogen-bond acceptors (Lipinski definition) is 2. The van der Waals surface area contributed by atoms with E-state index in [4.69, 9.17) is 17.3 Å². The molecule has 0 radical (unpaired) electrons. The number of benzene rings is 1. The minimum absolute atomic E-state index is 0.0816. The van der Waals surface area contributed by atoms with E-state index in [2.05, 4.69) is 12.2 Å². The topological polar surface area (TPSA) is 55.1 Å². The van der Waals surface area contributed by atoms with Gasteiger partial charge in [-0.1, -0.05) is 23.7 Å². The predicted octanol–water partition coefficient (Wildman–Crippen LogP) is 2.69. The maximum Gasteiger partial charge on any atom is 0.224 e. The van der Waals surface area contributed by atoms with E-state index in [0.29, 0.717) is 18.4 Å². The molecule has 3 rings (SSSR count). The molecule has 0 aliphatic heterocycles. The maximum atomic E-state index is 12.4. The lowest BCUT2D eigenvalue weighted by Gasteiger charge is -2.29. The van der Waals surface area contributed by atoms with Gasteiger partial charge in [-0.05, 0) is 55.7 Å². The van der Waals surface area contributed by atoms with Crippen molar-refractivity contribution >= 4 is 17.5 Å². The van der Waals surface area contributed by atoms with Gasteiger partial charge in [-0.2, -0.15) is 0 Å². The van der Waals surface area contributed by atoms with Crippen LogP contribution in [0.4, 0.5) is 0 Å². The number of carbonyl (C=O) groups excluding carboxylic acids is 1. The molecule has 108 valence electrons. The summed E-state index contributed by atoms with van der Waals surface area (Å²) in [4.78, 5) is 12.4. The van der Waals surface area contributed by atoms with Crippen molar-refractivity contribution in [2.45, 2.75) is 37.6 Å². The van der Waals surface area contributed by atoms with Gasteiger partial charge >= 0.3 is 0 Å². The van der Waals surface area contributed by atoms with Crippen LogP contribution in [0.1, 0.15) is 37.7 Å². The molecule has 1 amide bonds. The maximum absolute atomic E-state index is 12.4. The van der Waals surface area contributed by atoms with Crippen LogP contribution in [-0.4, -0.2) is 18.0 Å². The molecule has 3 unspecified atom stereocenters. The zero-order chi connectivity index (χ0) is 14.3. The van der Waals surface area contributed by atoms with Crippen molar-refractivity contribution in [3.05, 3.63) is 34.9 Å². The Hall–Kier alpha value is -1.06. The largest absolute Gasteiger partial charge is 0.349 e. The van der Waals surface area contributed by atoms with Crippen LogP contribution in [0.15, 0.2) is 24.3 Å². The van der Waals surface area contributed by atoms with Crippen molar-refractivity contribution in [3.8, 4) is 0 Å². The van der Waals surface area contributed by atoms with Gasteiger partial charge in [0.1, 0.15) is 0 Å². The van der Waals surface area contributed by atoms with Gasteiger partial charge in [0.2, 0.25) is 5.91 Å². The Morgan fingerprint density at radius 2 is 2.25 bits per heavy atom. The Morgan fingerprint density at radius 1 is 1.50 bits per heavy atom. The van der Waals surface area contributed by atoms with Crippen molar-refractivity contribution in [1.29, 1.82) is 0 Å². The molecule has 0 saturated heterocycles. The van der Waals surface area contributed by atoms with Crippen molar-refractivity contribution in [2.24, 2.45) is 17.6 Å². The van der Waals surface area contributed by atoms with E-state index in [-0.39, 0.29) is 17.4 Å². The van der Waals surface area contributed by atoms with Gasteiger partial charge in [-0.25, -0.2) is 0 Å². The van der Waals surface area contributed by atoms with Gasteiger partial charge in [-0.15, -0.1) is 0 Å². The van der Waals surface area contributed by atoms with Crippen LogP contribution in [0, 0.1) is 11.8 Å². The first-order chi connectivity index (χ1) is 9.53. The summed E-state index contributed by atoms with van der Waals surface area (Å²) in [6.45, 7) is 2.58. The summed E-state index contributed by atoms with van der Waals surface area (Å²) in [6.07, 6.45) is 3.27. The van der Waals surface area contributed by atoms with Gasteiger partial charge in [0.05, 0.1) is 5.54 Å². The van der Waals surface area contributed by atoms with E-state index in [1.54, 1.807) is 0 Å². The first kappa shape index (κ1) is 13.9. The van der Waals surface area contributed by atoms with Crippen LogP contribution in [0.25, 0.3) is 0 Å². The van der Waals surface area contributed by atoms with Crippen LogP contribution in [0.2, 0.25) is 5.02 Å². The molecule has 0 bridgehead atoms. The van der Waals surface area contributed by atoms with Crippen molar-refractivity contribution in [1.82, 2.24) is 5.32 Å². The number of hydrogen-bond donors (Lipinski definition) is 2. The van der Waals surface area contributed by atoms with E-state index in [0.717, 1.165) is 11.4 Å². The third-order valence-corrected chi connectivity index (χ3v) is 4.95. The number of nitrogens with two attached hydrogens (primary N) is 1. The van der Waals surface area contributed by atoms with Crippen LogP contribution in [0.5, 0.6) is 0 Å². The molecule has 3 N–H and O–H groups in total. The molecule has 2 saturated carbocycles. The molecule has 0 spiro atoms. The molecule has 0 heterocycles. The molecule has 20 heavy (non-hydrogen) atoms. The molecule has 2 aliphatic rings. The fourth-order valence-electron chi connectivity index (χ4n) is 3.00. The quantitative estimate of drug-likeness (QED) is 0.877. The minimum atomic E-state index is -0.224. The second kappa shape index (κ2) is 5.05. The number of halogens is 1. The molecular weight excluding hydrogens is 272 g/mol. The van der Waals surface area contributed by atoms with E-state index >= 15 is 0 Å². The minimum Gasteiger partial charge on any atom is -0.349 e. The van der Waals surface area contributed by atoms with Crippen LogP contribution in [0.3, 0.4) is 0 Å². The number of amides is 1. The standard InChI is InChI=1S/C16H21ClN2O/c1-16(9-18,11-5-6-11)19-15(20)14-8-13(14)10-3-2-4-12(17)7-10/h2-4,7,11,13-14H,5-6,8-9,18H2,1H3,(H,19,20). The summed E-state index contributed by atoms with van der Waals surface area (Å²) in [6, 6.07) is 7.82. The number of carbonyl (C=O) groups is 1. The van der Waals surface area contributed by atoms with Crippen LogP contribution < -0.4 is 11.1 Å². The van der Waals surface area contributed by atoms with Crippen molar-refractivity contribution < 1.29 is 4.79 Å². The Bertz CT molecular complexity index is 529. The van der Waals surface area contributed by atoms with Crippen LogP contribution >= 0.6 is 11.6 Å². The lowest BCUT2D eigenvalue weighted by Crippen LogP contribution is -2.53. The Balaban J connectivity index is 1.63. The van der Waals surface area contributed by atoms with Gasteiger partial charge in [-0.3, -0.25) is 4.79 Å². The molecule has 1 aromatic carbocycles. The third kappa shape index (κ3) is 2.70. The fraction of sp³-hybridized carbons (Fsp3) is 0.562. The fourth-order valence-corrected chi connectivity index (χ4v) is 3.20. The predicted molar refractivity (Wildman–Crippen MR) is 80.6 cm³/mol. The molecule has 0 aromatic heterocycles. The second-order valence-electron chi connectivity index (χ2n) is 6.39. The van der Waals surface area contributed by atoms with Gasteiger partial charge in [0.15, 0.2) is 0 Å². The first-order valence-corrected chi connectivity index (χ1v) is 7.69. The first-order valence-electron chi connectivity index (χ1n) is 7.31. The lowest BCUT2D eigenvalue weighted by atomic mass is 9.95. The van der Waals surface area contributed by atoms with Crippen molar-refractivity contribution in [3.63, 3.8) is 0 Å². The summed E-state index contributed by atoms with van der Waals surface area (Å²) in [7, 11) is 0. The Morgan fingerprint density at radius 3 is 2.85 bits per heavy atom. The molecule has 2 fully saturated rings. The van der Waals surface area contributed by atoms with E-state index < -0.39 is 0 Å². The summed E-state index contributed by atoms with van der Waals surface area (Å²) >= 11 is 6.01. The lowest BCUT2D eigenvalue weighted by molar-refractivity contribution is -0.124. The zero-order valence-electron chi connectivity index (χ0n) is 11.7. The van der Waals surface area contributed by atoms with E-state index in [9.17, 15) is 4.79 Å². The second-order valence-corrected chi connectivity index (χ2v) is 6.83. The van der Waals surface area contributed by atoms with Gasteiger partial charge < -0.3 is 11.1 Å². The highest BCUT2D eigenvalue weighted by atomic mass is 35.5. The molecule has 1 aromatic rings. The zero-order valence-corrected chi connectivity index (χ0v) is 12.5. The normalized spacial score (nSPS) is 27.8. The Labute approximate surface area is 124 Å². The molecule has 4 heteroatoms. The Kier molecular flexibility index (Phi) is 3.51. The van der Waals surface area contributed by atoms with Gasteiger partial charge in [0, 0.05) is 17.5 Å². The summed E-state index contributed by atoms with van der Waals surface area (Å²) in [5.41, 5.74) is 6.79. The molecular formula is C16H21ClN2O. The van der Waals surface area contributed by atoms with Gasteiger partial charge in [0.25, 0.3) is 0 Å². The molecule has 3 atom stereocenters. The summed E-state index contributed by atoms with van der Waals surface area (Å²) in [5, 5.41) is 3.92. The highest BCUT2D eigenvalue weighted by Crippen LogP contribution is 2.49. The highest BCUT2D eigenvalue weighted by molar-refractivity contribution is 6.30. The monoisotopic (exact) mass is 292 g/mol. The molecule has 3 nitrogen and oxygen atoms in total. The van der Waals surface area contributed by atoms with Crippen molar-refractivity contribution in [2.75, 3.05) is 6.54 Å². The average Bonchev–Trinajstić information content (AvgIpc) is 3.30.